The fourth-order valence-corrected chi connectivity index (χ4v) is 4.59. The van der Waals surface area contributed by atoms with Gasteiger partial charge in [0, 0.05) is 18.6 Å². The van der Waals surface area contributed by atoms with Gasteiger partial charge >= 0.3 is 5.97 Å². The monoisotopic (exact) mass is 296 g/mol. The Morgan fingerprint density at radius 3 is 2.90 bits per heavy atom. The molecule has 4 atom stereocenters. The highest BCUT2D eigenvalue weighted by Crippen LogP contribution is 2.38. The van der Waals surface area contributed by atoms with Crippen LogP contribution in [0, 0.1) is 0 Å². The second-order valence-corrected chi connectivity index (χ2v) is 6.72. The molecular formula is C16H28N2O3. The van der Waals surface area contributed by atoms with Crippen LogP contribution in [0.15, 0.2) is 0 Å². The largest absolute Gasteiger partial charge is 0.468 e. The van der Waals surface area contributed by atoms with E-state index in [4.69, 9.17) is 9.47 Å². The van der Waals surface area contributed by atoms with Gasteiger partial charge in [0.1, 0.15) is 5.54 Å². The van der Waals surface area contributed by atoms with E-state index in [1.54, 1.807) is 0 Å². The molecule has 0 radical (unpaired) electrons. The van der Waals surface area contributed by atoms with Crippen molar-refractivity contribution >= 4 is 5.97 Å². The van der Waals surface area contributed by atoms with Gasteiger partial charge in [0.15, 0.2) is 0 Å². The number of esters is 1. The number of morpholine rings is 1. The number of hydrogen-bond donors (Lipinski definition) is 1. The van der Waals surface area contributed by atoms with Crippen LogP contribution >= 0.6 is 0 Å². The average molecular weight is 296 g/mol. The second-order valence-electron chi connectivity index (χ2n) is 6.72. The first-order valence-corrected chi connectivity index (χ1v) is 8.35. The number of nitrogens with zero attached hydrogens (tertiary/aromatic N) is 1. The van der Waals surface area contributed by atoms with Gasteiger partial charge in [-0.1, -0.05) is 12.8 Å². The van der Waals surface area contributed by atoms with Gasteiger partial charge in [-0.2, -0.15) is 0 Å². The highest BCUT2D eigenvalue weighted by atomic mass is 16.5. The van der Waals surface area contributed by atoms with E-state index in [1.165, 1.54) is 32.8 Å². The molecule has 21 heavy (non-hydrogen) atoms. The summed E-state index contributed by atoms with van der Waals surface area (Å²) in [6.07, 6.45) is 8.25. The number of ether oxygens (including phenoxy) is 2. The third kappa shape index (κ3) is 2.71. The van der Waals surface area contributed by atoms with Crippen molar-refractivity contribution in [1.29, 1.82) is 0 Å². The Balaban J connectivity index is 1.71. The minimum atomic E-state index is -0.484. The van der Waals surface area contributed by atoms with Crippen LogP contribution in [0.5, 0.6) is 0 Å². The summed E-state index contributed by atoms with van der Waals surface area (Å²) in [4.78, 5) is 14.8. The topological polar surface area (TPSA) is 50.8 Å². The zero-order chi connectivity index (χ0) is 14.9. The van der Waals surface area contributed by atoms with Gasteiger partial charge in [-0.05, 0) is 39.2 Å². The molecule has 2 aliphatic carbocycles. The van der Waals surface area contributed by atoms with Crippen molar-refractivity contribution in [1.82, 2.24) is 10.2 Å². The molecule has 1 saturated heterocycles. The number of likely N-dealkylation sites (N-methyl/N-ethyl adjacent to an activating group) is 1. The van der Waals surface area contributed by atoms with Crippen molar-refractivity contribution in [2.75, 3.05) is 27.3 Å². The maximum absolute atomic E-state index is 12.2. The van der Waals surface area contributed by atoms with Crippen molar-refractivity contribution in [2.24, 2.45) is 0 Å². The average Bonchev–Trinajstić information content (AvgIpc) is 2.99. The fourth-order valence-electron chi connectivity index (χ4n) is 4.59. The van der Waals surface area contributed by atoms with Gasteiger partial charge in [-0.25, -0.2) is 0 Å². The minimum absolute atomic E-state index is 0.110. The standard InChI is InChI=1S/C16H28N2O3/c1-17-16(15(19)20-2)8-7-12(11-16)18-9-10-21-14-6-4-3-5-13(14)18/h12-14,17H,3-11H2,1-2H3. The molecule has 0 amide bonds. The Labute approximate surface area is 127 Å². The van der Waals surface area contributed by atoms with E-state index in [0.717, 1.165) is 32.4 Å². The van der Waals surface area contributed by atoms with E-state index in [0.29, 0.717) is 18.2 Å². The summed E-state index contributed by atoms with van der Waals surface area (Å²) >= 11 is 0. The van der Waals surface area contributed by atoms with Gasteiger partial charge in [0.2, 0.25) is 0 Å². The Kier molecular flexibility index (Phi) is 4.52. The Hall–Kier alpha value is -0.650. The van der Waals surface area contributed by atoms with Crippen molar-refractivity contribution in [3.63, 3.8) is 0 Å². The number of methoxy groups -OCH3 is 1. The van der Waals surface area contributed by atoms with Crippen LogP contribution in [0.4, 0.5) is 0 Å². The van der Waals surface area contributed by atoms with Crippen molar-refractivity contribution < 1.29 is 14.3 Å². The van der Waals surface area contributed by atoms with E-state index in [9.17, 15) is 4.79 Å². The number of nitrogens with one attached hydrogen (secondary N) is 1. The maximum atomic E-state index is 12.2. The quantitative estimate of drug-likeness (QED) is 0.796. The summed E-state index contributed by atoms with van der Waals surface area (Å²) in [6.45, 7) is 1.84. The van der Waals surface area contributed by atoms with E-state index >= 15 is 0 Å². The molecule has 3 aliphatic rings. The molecule has 5 nitrogen and oxygen atoms in total. The van der Waals surface area contributed by atoms with Gasteiger partial charge < -0.3 is 14.8 Å². The molecule has 1 N–H and O–H groups in total. The van der Waals surface area contributed by atoms with E-state index < -0.39 is 5.54 Å². The molecule has 4 unspecified atom stereocenters. The fraction of sp³-hybridized carbons (Fsp3) is 0.938. The molecule has 5 heteroatoms. The van der Waals surface area contributed by atoms with Gasteiger partial charge in [-0.15, -0.1) is 0 Å². The summed E-state index contributed by atoms with van der Waals surface area (Å²) in [5, 5.41) is 3.24. The number of carbonyl (C=O) groups is 1. The highest BCUT2D eigenvalue weighted by Gasteiger charge is 2.49. The summed E-state index contributed by atoms with van der Waals surface area (Å²) in [7, 11) is 3.36. The summed E-state index contributed by atoms with van der Waals surface area (Å²) in [6, 6.07) is 1.04. The van der Waals surface area contributed by atoms with Crippen LogP contribution in [0.1, 0.15) is 44.9 Å². The molecule has 1 aliphatic heterocycles. The van der Waals surface area contributed by atoms with Crippen LogP contribution in [-0.4, -0.2) is 61.9 Å². The third-order valence-corrected chi connectivity index (χ3v) is 5.79. The predicted molar refractivity (Wildman–Crippen MR) is 80.1 cm³/mol. The Bertz CT molecular complexity index is 388. The number of rotatable bonds is 3. The van der Waals surface area contributed by atoms with Gasteiger partial charge in [0.05, 0.1) is 19.8 Å². The Morgan fingerprint density at radius 1 is 1.33 bits per heavy atom. The lowest BCUT2D eigenvalue weighted by atomic mass is 9.88. The Morgan fingerprint density at radius 2 is 2.14 bits per heavy atom. The molecule has 3 rings (SSSR count). The number of hydrogen-bond acceptors (Lipinski definition) is 5. The maximum Gasteiger partial charge on any atom is 0.326 e. The highest BCUT2D eigenvalue weighted by molar-refractivity contribution is 5.81. The van der Waals surface area contributed by atoms with Gasteiger partial charge in [0.25, 0.3) is 0 Å². The molecule has 0 aromatic carbocycles. The third-order valence-electron chi connectivity index (χ3n) is 5.79. The molecular weight excluding hydrogens is 268 g/mol. The lowest BCUT2D eigenvalue weighted by molar-refractivity contribution is -0.148. The smallest absolute Gasteiger partial charge is 0.326 e. The zero-order valence-corrected chi connectivity index (χ0v) is 13.3. The lowest BCUT2D eigenvalue weighted by Gasteiger charge is -2.46. The van der Waals surface area contributed by atoms with Crippen LogP contribution in [0.3, 0.4) is 0 Å². The van der Waals surface area contributed by atoms with Crippen LogP contribution < -0.4 is 5.32 Å². The molecule has 2 saturated carbocycles. The SMILES string of the molecule is CNC1(C(=O)OC)CCC(N2CCOC3CCCCC32)C1. The van der Waals surface area contributed by atoms with E-state index in [1.807, 2.05) is 7.05 Å². The van der Waals surface area contributed by atoms with Crippen LogP contribution in [0.25, 0.3) is 0 Å². The first-order valence-electron chi connectivity index (χ1n) is 8.35. The van der Waals surface area contributed by atoms with E-state index in [-0.39, 0.29) is 5.97 Å². The molecule has 0 aromatic heterocycles. The van der Waals surface area contributed by atoms with Crippen molar-refractivity contribution in [2.45, 2.75) is 68.7 Å². The first-order chi connectivity index (χ1) is 10.2. The number of fused-ring (bicyclic) bond motifs is 1. The van der Waals surface area contributed by atoms with Crippen LogP contribution in [0.2, 0.25) is 0 Å². The molecule has 0 spiro atoms. The summed E-state index contributed by atoms with van der Waals surface area (Å²) in [5.74, 6) is -0.110. The van der Waals surface area contributed by atoms with Crippen LogP contribution in [-0.2, 0) is 14.3 Å². The summed E-state index contributed by atoms with van der Waals surface area (Å²) < 4.78 is 11.0. The molecule has 120 valence electrons. The van der Waals surface area contributed by atoms with Crippen molar-refractivity contribution in [3.05, 3.63) is 0 Å². The predicted octanol–water partition coefficient (Wildman–Crippen LogP) is 1.31. The van der Waals surface area contributed by atoms with Gasteiger partial charge in [-0.3, -0.25) is 9.69 Å². The first kappa shape index (κ1) is 15.3. The molecule has 3 fully saturated rings. The lowest BCUT2D eigenvalue weighted by Crippen LogP contribution is -2.57. The minimum Gasteiger partial charge on any atom is -0.468 e. The number of carbonyl (C=O) groups excluding carboxylic acids is 1. The molecule has 0 bridgehead atoms. The van der Waals surface area contributed by atoms with Crippen molar-refractivity contribution in [3.8, 4) is 0 Å². The van der Waals surface area contributed by atoms with E-state index in [2.05, 4.69) is 10.2 Å². The summed E-state index contributed by atoms with van der Waals surface area (Å²) in [5.41, 5.74) is -0.484. The molecule has 0 aromatic rings. The molecule has 1 heterocycles. The zero-order valence-electron chi connectivity index (χ0n) is 13.3. The normalized spacial score (nSPS) is 40.8. The second kappa shape index (κ2) is 6.23.